The van der Waals surface area contributed by atoms with Crippen molar-refractivity contribution in [1.29, 1.82) is 5.26 Å². The SMILES string of the molecule is CCOC(=O)C1(C(=O)OCC)N[C@]2(C(=O)N(Cc3ccccc3)c3ccccc32)N(c2ccc(OC)cc2)[C@H]1c1ccc(C#N)cc1. The number of nitriles is 1. The first-order chi connectivity index (χ1) is 22.8. The Morgan fingerprint density at radius 3 is 2.06 bits per heavy atom. The number of anilines is 2. The van der Waals surface area contributed by atoms with Crippen LogP contribution < -0.4 is 19.9 Å². The van der Waals surface area contributed by atoms with Gasteiger partial charge < -0.3 is 24.0 Å². The summed E-state index contributed by atoms with van der Waals surface area (Å²) in [5, 5.41) is 12.9. The number of amides is 1. The molecule has 0 radical (unpaired) electrons. The first-order valence-electron chi connectivity index (χ1n) is 15.4. The van der Waals surface area contributed by atoms with Crippen molar-refractivity contribution >= 4 is 29.2 Å². The van der Waals surface area contributed by atoms with Crippen LogP contribution in [-0.2, 0) is 36.1 Å². The van der Waals surface area contributed by atoms with Gasteiger partial charge in [0.2, 0.25) is 11.2 Å². The monoisotopic (exact) mass is 630 g/mol. The highest BCUT2D eigenvalue weighted by Gasteiger charge is 2.74. The number of carbonyl (C=O) groups is 3. The van der Waals surface area contributed by atoms with E-state index >= 15 is 4.79 Å². The minimum Gasteiger partial charge on any atom is -0.497 e. The number of rotatable bonds is 9. The van der Waals surface area contributed by atoms with Crippen molar-refractivity contribution in [1.82, 2.24) is 5.32 Å². The molecule has 0 aromatic heterocycles. The summed E-state index contributed by atoms with van der Waals surface area (Å²) in [5.74, 6) is -1.60. The normalized spacial score (nSPS) is 19.3. The summed E-state index contributed by atoms with van der Waals surface area (Å²) in [6.45, 7) is 3.49. The largest absolute Gasteiger partial charge is 0.497 e. The van der Waals surface area contributed by atoms with Gasteiger partial charge in [-0.3, -0.25) is 10.1 Å². The van der Waals surface area contributed by atoms with Gasteiger partial charge in [-0.2, -0.15) is 5.26 Å². The topological polar surface area (TPSA) is 121 Å². The molecule has 4 aromatic carbocycles. The molecule has 1 fully saturated rings. The lowest BCUT2D eigenvalue weighted by Gasteiger charge is -2.39. The van der Waals surface area contributed by atoms with E-state index in [1.165, 1.54) is 0 Å². The molecule has 1 spiro atoms. The second-order valence-electron chi connectivity index (χ2n) is 11.2. The number of benzene rings is 4. The molecule has 2 heterocycles. The van der Waals surface area contributed by atoms with Crippen molar-refractivity contribution in [2.24, 2.45) is 0 Å². The number of para-hydroxylation sites is 1. The average molecular weight is 631 g/mol. The van der Waals surface area contributed by atoms with Gasteiger partial charge in [0.15, 0.2) is 0 Å². The van der Waals surface area contributed by atoms with Crippen LogP contribution in [0.3, 0.4) is 0 Å². The van der Waals surface area contributed by atoms with Gasteiger partial charge >= 0.3 is 11.9 Å². The zero-order valence-electron chi connectivity index (χ0n) is 26.3. The van der Waals surface area contributed by atoms with E-state index in [0.29, 0.717) is 33.8 Å². The quantitative estimate of drug-likeness (QED) is 0.202. The van der Waals surface area contributed by atoms with E-state index in [2.05, 4.69) is 11.4 Å². The first kappa shape index (κ1) is 31.3. The Labute approximate surface area is 273 Å². The second-order valence-corrected chi connectivity index (χ2v) is 11.2. The van der Waals surface area contributed by atoms with E-state index in [1.807, 2.05) is 54.6 Å². The van der Waals surface area contributed by atoms with Gasteiger partial charge in [0.25, 0.3) is 5.91 Å². The second kappa shape index (κ2) is 12.6. The molecular formula is C37H34N4O6. The third-order valence-corrected chi connectivity index (χ3v) is 8.63. The predicted molar refractivity (Wildman–Crippen MR) is 174 cm³/mol. The number of carbonyl (C=O) groups excluding carboxylic acids is 3. The van der Waals surface area contributed by atoms with Crippen LogP contribution in [0.2, 0.25) is 0 Å². The zero-order valence-corrected chi connectivity index (χ0v) is 26.3. The van der Waals surface area contributed by atoms with Crippen molar-refractivity contribution in [2.45, 2.75) is 37.6 Å². The van der Waals surface area contributed by atoms with Crippen molar-refractivity contribution in [3.63, 3.8) is 0 Å². The van der Waals surface area contributed by atoms with Gasteiger partial charge in [-0.1, -0.05) is 60.7 Å². The fourth-order valence-corrected chi connectivity index (χ4v) is 6.64. The van der Waals surface area contributed by atoms with E-state index in [0.717, 1.165) is 5.56 Å². The Balaban J connectivity index is 1.69. The van der Waals surface area contributed by atoms with Crippen molar-refractivity contribution in [3.05, 3.63) is 125 Å². The number of fused-ring (bicyclic) bond motifs is 2. The minimum atomic E-state index is -2.22. The molecule has 2 aliphatic rings. The Bertz CT molecular complexity index is 1820. The van der Waals surface area contributed by atoms with Gasteiger partial charge in [-0.15, -0.1) is 0 Å². The number of esters is 2. The van der Waals surface area contributed by atoms with Crippen LogP contribution in [0, 0.1) is 11.3 Å². The Morgan fingerprint density at radius 2 is 1.47 bits per heavy atom. The summed E-state index contributed by atoms with van der Waals surface area (Å²) in [7, 11) is 1.55. The van der Waals surface area contributed by atoms with Gasteiger partial charge in [-0.25, -0.2) is 9.59 Å². The van der Waals surface area contributed by atoms with Crippen LogP contribution >= 0.6 is 0 Å². The number of nitrogens with zero attached hydrogens (tertiary/aromatic N) is 3. The fraction of sp³-hybridized carbons (Fsp3) is 0.243. The molecule has 10 nitrogen and oxygen atoms in total. The molecule has 0 unspecified atom stereocenters. The number of methoxy groups -OCH3 is 1. The minimum absolute atomic E-state index is 0.0258. The number of ether oxygens (including phenoxy) is 3. The molecule has 0 aliphatic carbocycles. The lowest BCUT2D eigenvalue weighted by atomic mass is 9.85. The number of hydrogen-bond acceptors (Lipinski definition) is 9. The van der Waals surface area contributed by atoms with E-state index in [4.69, 9.17) is 14.2 Å². The fourth-order valence-electron chi connectivity index (χ4n) is 6.64. The molecule has 47 heavy (non-hydrogen) atoms. The smallest absolute Gasteiger partial charge is 0.340 e. The van der Waals surface area contributed by atoms with Crippen molar-refractivity contribution < 1.29 is 28.6 Å². The Kier molecular flexibility index (Phi) is 8.41. The lowest BCUT2D eigenvalue weighted by molar-refractivity contribution is -0.166. The summed E-state index contributed by atoms with van der Waals surface area (Å²) in [6.07, 6.45) is 0. The summed E-state index contributed by atoms with van der Waals surface area (Å²) in [4.78, 5) is 47.5. The van der Waals surface area contributed by atoms with Crippen LogP contribution in [0.1, 0.15) is 42.1 Å². The van der Waals surface area contributed by atoms with E-state index < -0.39 is 35.1 Å². The Morgan fingerprint density at radius 1 is 0.851 bits per heavy atom. The highest BCUT2D eigenvalue weighted by molar-refractivity contribution is 6.15. The molecular weight excluding hydrogens is 596 g/mol. The summed E-state index contributed by atoms with van der Waals surface area (Å²) < 4.78 is 16.7. The maximum atomic E-state index is 15.3. The molecule has 2 aliphatic heterocycles. The van der Waals surface area contributed by atoms with Crippen LogP contribution in [-0.4, -0.2) is 43.7 Å². The molecule has 4 aromatic rings. The molecule has 1 N–H and O–H groups in total. The molecule has 238 valence electrons. The number of hydrogen-bond donors (Lipinski definition) is 1. The van der Waals surface area contributed by atoms with Gasteiger partial charge in [0.1, 0.15) is 5.75 Å². The van der Waals surface area contributed by atoms with Crippen molar-refractivity contribution in [2.75, 3.05) is 30.1 Å². The summed E-state index contributed by atoms with van der Waals surface area (Å²) in [5.41, 5.74) is -0.541. The first-order valence-corrected chi connectivity index (χ1v) is 15.4. The average Bonchev–Trinajstić information content (AvgIpc) is 3.56. The third-order valence-electron chi connectivity index (χ3n) is 8.63. The van der Waals surface area contributed by atoms with Crippen LogP contribution in [0.15, 0.2) is 103 Å². The van der Waals surface area contributed by atoms with Crippen LogP contribution in [0.25, 0.3) is 0 Å². The van der Waals surface area contributed by atoms with E-state index in [9.17, 15) is 14.9 Å². The van der Waals surface area contributed by atoms with Crippen molar-refractivity contribution in [3.8, 4) is 11.8 Å². The number of nitrogens with one attached hydrogen (secondary N) is 1. The van der Waals surface area contributed by atoms with Gasteiger partial charge in [0.05, 0.1) is 50.2 Å². The lowest BCUT2D eigenvalue weighted by Crippen LogP contribution is -2.64. The molecule has 1 amide bonds. The molecule has 2 atom stereocenters. The Hall–Kier alpha value is -5.66. The van der Waals surface area contributed by atoms with E-state index in [1.54, 1.807) is 79.3 Å². The van der Waals surface area contributed by atoms with Gasteiger partial charge in [0, 0.05) is 11.3 Å². The van der Waals surface area contributed by atoms with Crippen LogP contribution in [0.5, 0.6) is 5.75 Å². The highest BCUT2D eigenvalue weighted by atomic mass is 16.6. The maximum Gasteiger partial charge on any atom is 0.340 e. The molecule has 10 heteroatoms. The van der Waals surface area contributed by atoms with Crippen LogP contribution in [0.4, 0.5) is 11.4 Å². The molecule has 1 saturated heterocycles. The van der Waals surface area contributed by atoms with E-state index in [-0.39, 0.29) is 19.8 Å². The maximum absolute atomic E-state index is 15.3. The third kappa shape index (κ3) is 4.96. The highest BCUT2D eigenvalue weighted by Crippen LogP contribution is 2.56. The summed E-state index contributed by atoms with van der Waals surface area (Å²) >= 11 is 0. The molecule has 0 bridgehead atoms. The van der Waals surface area contributed by atoms with Gasteiger partial charge in [-0.05, 0) is 67.4 Å². The standard InChI is InChI=1S/C37H34N4O6/c1-4-46-34(43)36(35(44)47-5-2)32(27-17-15-25(23-38)16-18-27)41(28-19-21-29(45-3)22-20-28)37(39-36)30-13-9-10-14-31(30)40(33(37)42)24-26-11-7-6-8-12-26/h6-22,32,39H,4-5,24H2,1-3H3/t32-,37-/m0/s1. The molecule has 0 saturated carbocycles. The zero-order chi connectivity index (χ0) is 33.2. The predicted octanol–water partition coefficient (Wildman–Crippen LogP) is 4.98. The molecule has 6 rings (SSSR count). The summed E-state index contributed by atoms with van der Waals surface area (Å²) in [6, 6.07) is 31.5.